The molecule has 354 valence electrons. The Balaban J connectivity index is 1.22. The molecule has 9 aromatic carbocycles. The van der Waals surface area contributed by atoms with Crippen molar-refractivity contribution < 1.29 is 0 Å². The lowest BCUT2D eigenvalue weighted by molar-refractivity contribution is 0.590. The molecule has 4 nitrogen and oxygen atoms in total. The number of rotatable bonds is 8. The van der Waals surface area contributed by atoms with Crippen LogP contribution in [0, 0.1) is 0 Å². The quantitative estimate of drug-likeness (QED) is 0.151. The molecule has 0 aliphatic heterocycles. The van der Waals surface area contributed by atoms with Gasteiger partial charge in [-0.05, 0) is 130 Å². The second-order valence-corrected chi connectivity index (χ2v) is 23.1. The summed E-state index contributed by atoms with van der Waals surface area (Å²) in [5, 5.41) is 10.1. The highest BCUT2D eigenvalue weighted by molar-refractivity contribution is 6.33. The van der Waals surface area contributed by atoms with Crippen molar-refractivity contribution in [2.45, 2.75) is 91.9 Å². The van der Waals surface area contributed by atoms with Crippen molar-refractivity contribution in [1.82, 2.24) is 8.80 Å². The Hall–Kier alpha value is -7.82. The van der Waals surface area contributed by atoms with Crippen molar-refractivity contribution in [3.8, 4) is 0 Å². The monoisotopic (exact) mass is 934 g/mol. The van der Waals surface area contributed by atoms with Crippen LogP contribution in [-0.4, -0.2) is 8.80 Å². The molecule has 13 rings (SSSR count). The fourth-order valence-electron chi connectivity index (χ4n) is 11.9. The maximum atomic E-state index is 2.61. The van der Waals surface area contributed by atoms with Crippen LogP contribution in [0.4, 0.5) is 34.1 Å². The van der Waals surface area contributed by atoms with E-state index in [1.54, 1.807) is 0 Å². The van der Waals surface area contributed by atoms with E-state index in [1.807, 2.05) is 0 Å². The normalized spacial score (nSPS) is 12.8. The minimum absolute atomic E-state index is 0.0279. The smallest absolute Gasteiger partial charge is 0.0641 e. The standard InChI is InChI=1S/C68H62N4/c1-41(2)43-21-27-49(28-22-43)69(47-17-13-11-14-18-47)57-35-33-53-51-31-25-45(67(5,6)7)37-59(51)71-61-40-56-62(39-55(61)63(57)65(53)71)72-60-38-46(68(8,9)10)26-32-52(60)54-34-36-58(64(56)66(54)72)70(48-19-15-12-16-20-48)50-29-23-44(24-30-50)42(3)4/h11-42H,1-10H3. The first-order valence-corrected chi connectivity index (χ1v) is 26.0. The Morgan fingerprint density at radius 1 is 0.333 bits per heavy atom. The van der Waals surface area contributed by atoms with Crippen molar-refractivity contribution in [1.29, 1.82) is 0 Å². The van der Waals surface area contributed by atoms with E-state index in [9.17, 15) is 0 Å². The first-order valence-electron chi connectivity index (χ1n) is 26.0. The van der Waals surface area contributed by atoms with Crippen molar-refractivity contribution in [2.75, 3.05) is 9.80 Å². The van der Waals surface area contributed by atoms with Gasteiger partial charge in [-0.1, -0.05) is 166 Å². The Kier molecular flexibility index (Phi) is 9.71. The molecule has 0 N–H and O–H groups in total. The van der Waals surface area contributed by atoms with Crippen LogP contribution >= 0.6 is 0 Å². The Labute approximate surface area is 423 Å². The van der Waals surface area contributed by atoms with Crippen LogP contribution in [0.2, 0.25) is 0 Å². The van der Waals surface area contributed by atoms with E-state index in [0.717, 1.165) is 22.7 Å². The Bertz CT molecular complexity index is 3920. The molecule has 13 aromatic rings. The Morgan fingerprint density at radius 2 is 0.667 bits per heavy atom. The van der Waals surface area contributed by atoms with Gasteiger partial charge in [-0.2, -0.15) is 0 Å². The average Bonchev–Trinajstić information content (AvgIpc) is 4.10. The van der Waals surface area contributed by atoms with E-state index >= 15 is 0 Å². The molecule has 0 atom stereocenters. The van der Waals surface area contributed by atoms with Gasteiger partial charge in [-0.3, -0.25) is 0 Å². The lowest BCUT2D eigenvalue weighted by atomic mass is 9.86. The number of aromatic nitrogens is 2. The molecular formula is C68H62N4. The van der Waals surface area contributed by atoms with Crippen molar-refractivity contribution in [3.63, 3.8) is 0 Å². The van der Waals surface area contributed by atoms with E-state index < -0.39 is 0 Å². The van der Waals surface area contributed by atoms with Crippen LogP contribution in [0.5, 0.6) is 0 Å². The second-order valence-electron chi connectivity index (χ2n) is 23.1. The number of fused-ring (bicyclic) bond motifs is 12. The van der Waals surface area contributed by atoms with Gasteiger partial charge in [-0.15, -0.1) is 0 Å². The fourth-order valence-corrected chi connectivity index (χ4v) is 11.9. The lowest BCUT2D eigenvalue weighted by Gasteiger charge is -2.27. The van der Waals surface area contributed by atoms with Gasteiger partial charge in [0, 0.05) is 65.8 Å². The minimum atomic E-state index is -0.0279. The first-order chi connectivity index (χ1) is 34.7. The summed E-state index contributed by atoms with van der Waals surface area (Å²) in [6.45, 7) is 23.1. The van der Waals surface area contributed by atoms with Crippen LogP contribution in [0.15, 0.2) is 182 Å². The first kappa shape index (κ1) is 44.1. The summed E-state index contributed by atoms with van der Waals surface area (Å²) in [6, 6.07) is 69.4. The van der Waals surface area contributed by atoms with Crippen molar-refractivity contribution in [2.24, 2.45) is 0 Å². The molecule has 4 aromatic heterocycles. The fraction of sp³-hybridized carbons (Fsp3) is 0.206. The Morgan fingerprint density at radius 3 is 1.01 bits per heavy atom. The van der Waals surface area contributed by atoms with Crippen molar-refractivity contribution in [3.05, 3.63) is 204 Å². The van der Waals surface area contributed by atoms with E-state index in [-0.39, 0.29) is 10.8 Å². The third kappa shape index (κ3) is 6.57. The van der Waals surface area contributed by atoms with E-state index in [0.29, 0.717) is 11.8 Å². The maximum absolute atomic E-state index is 2.61. The number of para-hydroxylation sites is 2. The van der Waals surface area contributed by atoms with Gasteiger partial charge in [-0.25, -0.2) is 0 Å². The lowest BCUT2D eigenvalue weighted by Crippen LogP contribution is -2.10. The van der Waals surface area contributed by atoms with Gasteiger partial charge in [0.25, 0.3) is 0 Å². The molecule has 0 unspecified atom stereocenters. The number of hydrogen-bond donors (Lipinski definition) is 0. The molecule has 0 aliphatic carbocycles. The zero-order valence-electron chi connectivity index (χ0n) is 43.3. The topological polar surface area (TPSA) is 15.3 Å². The second kappa shape index (κ2) is 15.8. The van der Waals surface area contributed by atoms with Crippen LogP contribution in [-0.2, 0) is 10.8 Å². The zero-order chi connectivity index (χ0) is 49.5. The molecular weight excluding hydrogens is 873 g/mol. The van der Waals surface area contributed by atoms with Gasteiger partial charge in [0.1, 0.15) is 0 Å². The summed E-state index contributed by atoms with van der Waals surface area (Å²) >= 11 is 0. The third-order valence-electron chi connectivity index (χ3n) is 15.8. The predicted molar refractivity (Wildman–Crippen MR) is 311 cm³/mol. The largest absolute Gasteiger partial charge is 0.310 e. The molecule has 0 bridgehead atoms. The van der Waals surface area contributed by atoms with Crippen LogP contribution in [0.25, 0.3) is 76.2 Å². The molecule has 0 saturated heterocycles. The summed E-state index contributed by atoms with van der Waals surface area (Å²) < 4.78 is 5.23. The summed E-state index contributed by atoms with van der Waals surface area (Å²) in [7, 11) is 0. The van der Waals surface area contributed by atoms with Gasteiger partial charge in [0.2, 0.25) is 0 Å². The molecule has 4 heterocycles. The summed E-state index contributed by atoms with van der Waals surface area (Å²) in [4.78, 5) is 4.97. The highest BCUT2D eigenvalue weighted by Crippen LogP contribution is 2.52. The number of benzene rings is 9. The number of hydrogen-bond acceptors (Lipinski definition) is 2. The molecule has 0 radical (unpaired) electrons. The number of anilines is 6. The number of nitrogens with zero attached hydrogens (tertiary/aromatic N) is 4. The van der Waals surface area contributed by atoms with Gasteiger partial charge >= 0.3 is 0 Å². The van der Waals surface area contributed by atoms with Gasteiger partial charge in [0.05, 0.1) is 44.5 Å². The van der Waals surface area contributed by atoms with Crippen LogP contribution in [0.1, 0.15) is 103 Å². The van der Waals surface area contributed by atoms with E-state index in [4.69, 9.17) is 0 Å². The highest BCUT2D eigenvalue weighted by atomic mass is 15.2. The molecule has 72 heavy (non-hydrogen) atoms. The van der Waals surface area contributed by atoms with Crippen molar-refractivity contribution >= 4 is 110 Å². The minimum Gasteiger partial charge on any atom is -0.310 e. The van der Waals surface area contributed by atoms with Crippen LogP contribution < -0.4 is 9.80 Å². The van der Waals surface area contributed by atoms with Gasteiger partial charge in [0.15, 0.2) is 0 Å². The molecule has 0 spiro atoms. The molecule has 4 heteroatoms. The SMILES string of the molecule is CC(C)c1ccc(N(c2ccccc2)c2ccc3c4ccc(C(C)(C)C)cc4n4c5cc6c7c(N(c8ccccc8)c8ccc(C(C)C)cc8)ccc8c9ccc(C(C)(C)C)cc9n(c6cc5c2c34)c87)cc1. The van der Waals surface area contributed by atoms with E-state index in [2.05, 4.69) is 270 Å². The predicted octanol–water partition coefficient (Wildman–Crippen LogP) is 19.8. The molecule has 0 fully saturated rings. The van der Waals surface area contributed by atoms with Gasteiger partial charge < -0.3 is 18.6 Å². The maximum Gasteiger partial charge on any atom is 0.0641 e. The summed E-state index contributed by atoms with van der Waals surface area (Å²) in [5.74, 6) is 0.873. The summed E-state index contributed by atoms with van der Waals surface area (Å²) in [6.07, 6.45) is 0. The molecule has 0 amide bonds. The highest BCUT2D eigenvalue weighted by Gasteiger charge is 2.30. The summed E-state index contributed by atoms with van der Waals surface area (Å²) in [5.41, 5.74) is 19.6. The van der Waals surface area contributed by atoms with Crippen LogP contribution in [0.3, 0.4) is 0 Å². The average molecular weight is 935 g/mol. The molecule has 0 aliphatic rings. The zero-order valence-corrected chi connectivity index (χ0v) is 43.3. The third-order valence-corrected chi connectivity index (χ3v) is 15.8. The van der Waals surface area contributed by atoms with E-state index in [1.165, 1.54) is 110 Å². The molecule has 0 saturated carbocycles.